The highest BCUT2D eigenvalue weighted by Gasteiger charge is 2.42. The van der Waals surface area contributed by atoms with Gasteiger partial charge in [0.05, 0.1) is 17.3 Å². The minimum atomic E-state index is -0.768. The summed E-state index contributed by atoms with van der Waals surface area (Å²) in [5, 5.41) is 0.438. The molecule has 0 radical (unpaired) electrons. The van der Waals surface area contributed by atoms with Crippen LogP contribution in [-0.2, 0) is 24.0 Å². The van der Waals surface area contributed by atoms with E-state index in [2.05, 4.69) is 13.2 Å². The Hall–Kier alpha value is -2.21. The van der Waals surface area contributed by atoms with E-state index in [-0.39, 0.29) is 23.2 Å². The van der Waals surface area contributed by atoms with E-state index in [0.717, 1.165) is 0 Å². The molecular weight excluding hydrogens is 274 g/mol. The molecule has 2 aliphatic heterocycles. The standard InChI is InChI=1S/C15H17NO5/c1-5-10-11(6-2)14(18)16(13(10)17)21-15(19)12-7-8(3)9(4)20-12/h5-6,8-9,12H,1-2,7H2,3-4H3/t8-,9?,12?/m0/s1. The molecule has 0 N–H and O–H groups in total. The lowest BCUT2D eigenvalue weighted by Gasteiger charge is -2.16. The van der Waals surface area contributed by atoms with Crippen molar-refractivity contribution in [3.8, 4) is 0 Å². The van der Waals surface area contributed by atoms with Crippen molar-refractivity contribution in [2.45, 2.75) is 32.5 Å². The summed E-state index contributed by atoms with van der Waals surface area (Å²) in [4.78, 5) is 40.9. The first-order valence-corrected chi connectivity index (χ1v) is 6.65. The third kappa shape index (κ3) is 2.54. The molecule has 2 heterocycles. The molecule has 2 aliphatic rings. The summed E-state index contributed by atoms with van der Waals surface area (Å²) < 4.78 is 5.44. The minimum Gasteiger partial charge on any atom is -0.363 e. The normalized spacial score (nSPS) is 29.0. The van der Waals surface area contributed by atoms with Gasteiger partial charge in [0.1, 0.15) is 0 Å². The first kappa shape index (κ1) is 15.2. The number of imide groups is 1. The van der Waals surface area contributed by atoms with Gasteiger partial charge in [-0.15, -0.1) is 0 Å². The molecule has 6 heteroatoms. The fourth-order valence-electron chi connectivity index (χ4n) is 2.30. The van der Waals surface area contributed by atoms with Crippen molar-refractivity contribution in [2.24, 2.45) is 5.92 Å². The summed E-state index contributed by atoms with van der Waals surface area (Å²) in [6, 6.07) is 0. The lowest BCUT2D eigenvalue weighted by molar-refractivity contribution is -0.203. The highest BCUT2D eigenvalue weighted by atomic mass is 16.7. The van der Waals surface area contributed by atoms with Crippen molar-refractivity contribution in [3.05, 3.63) is 36.5 Å². The summed E-state index contributed by atoms with van der Waals surface area (Å²) in [6.45, 7) is 10.7. The van der Waals surface area contributed by atoms with Gasteiger partial charge < -0.3 is 9.57 Å². The number of amides is 2. The number of hydrogen-bond donors (Lipinski definition) is 0. The molecule has 3 atom stereocenters. The van der Waals surface area contributed by atoms with E-state index in [4.69, 9.17) is 9.57 Å². The highest BCUT2D eigenvalue weighted by Crippen LogP contribution is 2.28. The van der Waals surface area contributed by atoms with Crippen molar-refractivity contribution in [2.75, 3.05) is 0 Å². The average molecular weight is 291 g/mol. The zero-order valence-corrected chi connectivity index (χ0v) is 12.0. The third-order valence-electron chi connectivity index (χ3n) is 3.74. The zero-order chi connectivity index (χ0) is 15.7. The van der Waals surface area contributed by atoms with Gasteiger partial charge in [0.2, 0.25) is 0 Å². The van der Waals surface area contributed by atoms with Crippen molar-refractivity contribution in [1.82, 2.24) is 5.06 Å². The number of nitrogens with zero attached hydrogens (tertiary/aromatic N) is 1. The number of hydroxylamine groups is 2. The third-order valence-corrected chi connectivity index (χ3v) is 3.74. The van der Waals surface area contributed by atoms with Crippen LogP contribution in [0.2, 0.25) is 0 Å². The maximum atomic E-state index is 12.0. The Bertz CT molecular complexity index is 522. The fourth-order valence-corrected chi connectivity index (χ4v) is 2.30. The molecule has 0 aromatic carbocycles. The Morgan fingerprint density at radius 1 is 1.24 bits per heavy atom. The van der Waals surface area contributed by atoms with E-state index in [9.17, 15) is 14.4 Å². The first-order valence-electron chi connectivity index (χ1n) is 6.65. The monoisotopic (exact) mass is 291 g/mol. The molecule has 112 valence electrons. The van der Waals surface area contributed by atoms with Gasteiger partial charge in [-0.2, -0.15) is 0 Å². The Kier molecular flexibility index (Phi) is 4.09. The molecule has 2 amide bonds. The van der Waals surface area contributed by atoms with Gasteiger partial charge >= 0.3 is 5.97 Å². The number of carbonyl (C=O) groups excluding carboxylic acids is 3. The lowest BCUT2D eigenvalue weighted by Crippen LogP contribution is -2.38. The van der Waals surface area contributed by atoms with Crippen LogP contribution in [0.3, 0.4) is 0 Å². The second-order valence-electron chi connectivity index (χ2n) is 5.09. The Morgan fingerprint density at radius 2 is 1.76 bits per heavy atom. The Balaban J connectivity index is 2.10. The second-order valence-corrected chi connectivity index (χ2v) is 5.09. The molecule has 21 heavy (non-hydrogen) atoms. The Morgan fingerprint density at radius 3 is 2.14 bits per heavy atom. The van der Waals surface area contributed by atoms with Crippen molar-refractivity contribution < 1.29 is 24.0 Å². The SMILES string of the molecule is C=CC1=C(C=C)C(=O)N(OC(=O)C2C[C@H](C)C(C)O2)C1=O. The van der Waals surface area contributed by atoms with Crippen molar-refractivity contribution in [1.29, 1.82) is 0 Å². The number of rotatable bonds is 4. The summed E-state index contributed by atoms with van der Waals surface area (Å²) >= 11 is 0. The van der Waals surface area contributed by atoms with Crippen LogP contribution in [0.5, 0.6) is 0 Å². The van der Waals surface area contributed by atoms with E-state index in [0.29, 0.717) is 11.5 Å². The van der Waals surface area contributed by atoms with E-state index in [1.165, 1.54) is 12.2 Å². The van der Waals surface area contributed by atoms with Crippen molar-refractivity contribution in [3.63, 3.8) is 0 Å². The van der Waals surface area contributed by atoms with Gasteiger partial charge in [0, 0.05) is 0 Å². The van der Waals surface area contributed by atoms with E-state index in [1.54, 1.807) is 0 Å². The van der Waals surface area contributed by atoms with Crippen LogP contribution in [0.15, 0.2) is 36.5 Å². The quantitative estimate of drug-likeness (QED) is 0.730. The van der Waals surface area contributed by atoms with E-state index in [1.807, 2.05) is 13.8 Å². The summed E-state index contributed by atoms with van der Waals surface area (Å²) in [5.74, 6) is -1.99. The molecule has 0 saturated carbocycles. The van der Waals surface area contributed by atoms with Crippen molar-refractivity contribution >= 4 is 17.8 Å². The minimum absolute atomic E-state index is 0.0666. The summed E-state index contributed by atoms with van der Waals surface area (Å²) in [6.07, 6.45) is 2.13. The van der Waals surface area contributed by atoms with Gasteiger partial charge in [-0.25, -0.2) is 4.79 Å². The van der Waals surface area contributed by atoms with Gasteiger partial charge in [0.15, 0.2) is 6.10 Å². The smallest absolute Gasteiger partial charge is 0.361 e. The summed E-state index contributed by atoms with van der Waals surface area (Å²) in [7, 11) is 0. The topological polar surface area (TPSA) is 72.9 Å². The van der Waals surface area contributed by atoms with Crippen LogP contribution in [-0.4, -0.2) is 35.1 Å². The number of carbonyl (C=O) groups is 3. The largest absolute Gasteiger partial charge is 0.363 e. The molecule has 0 bridgehead atoms. The highest BCUT2D eigenvalue weighted by molar-refractivity contribution is 6.21. The maximum Gasteiger partial charge on any atom is 0.361 e. The van der Waals surface area contributed by atoms with Crippen LogP contribution in [0, 0.1) is 5.92 Å². The molecule has 0 spiro atoms. The van der Waals surface area contributed by atoms with Crippen LogP contribution < -0.4 is 0 Å². The van der Waals surface area contributed by atoms with Gasteiger partial charge in [0.25, 0.3) is 11.8 Å². The number of ether oxygens (including phenoxy) is 1. The van der Waals surface area contributed by atoms with Gasteiger partial charge in [-0.05, 0) is 19.3 Å². The summed E-state index contributed by atoms with van der Waals surface area (Å²) in [5.41, 5.74) is 0.133. The fraction of sp³-hybridized carbons (Fsp3) is 0.400. The van der Waals surface area contributed by atoms with E-state index < -0.39 is 23.9 Å². The van der Waals surface area contributed by atoms with Crippen LogP contribution in [0.4, 0.5) is 0 Å². The van der Waals surface area contributed by atoms with Crippen LogP contribution in [0.25, 0.3) is 0 Å². The molecule has 6 nitrogen and oxygen atoms in total. The second kappa shape index (κ2) is 5.65. The zero-order valence-electron chi connectivity index (χ0n) is 12.0. The van der Waals surface area contributed by atoms with Gasteiger partial charge in [-0.1, -0.05) is 37.3 Å². The van der Waals surface area contributed by atoms with Crippen LogP contribution in [0.1, 0.15) is 20.3 Å². The molecule has 0 aliphatic carbocycles. The lowest BCUT2D eigenvalue weighted by atomic mass is 10.0. The molecule has 1 fully saturated rings. The first-order chi connectivity index (χ1) is 9.90. The molecule has 2 rings (SSSR count). The Labute approximate surface area is 122 Å². The molecule has 0 aromatic rings. The van der Waals surface area contributed by atoms with Crippen LogP contribution >= 0.6 is 0 Å². The maximum absolute atomic E-state index is 12.0. The molecule has 0 aromatic heterocycles. The number of hydrogen-bond acceptors (Lipinski definition) is 5. The average Bonchev–Trinajstić information content (AvgIpc) is 2.90. The molecule has 2 unspecified atom stereocenters. The van der Waals surface area contributed by atoms with E-state index >= 15 is 0 Å². The predicted octanol–water partition coefficient (Wildman–Crippen LogP) is 1.30. The van der Waals surface area contributed by atoms with Gasteiger partial charge in [-0.3, -0.25) is 9.59 Å². The molecular formula is C15H17NO5. The molecule has 1 saturated heterocycles. The predicted molar refractivity (Wildman–Crippen MR) is 73.5 cm³/mol.